The molecule has 0 saturated carbocycles. The molecule has 0 spiro atoms. The van der Waals surface area contributed by atoms with Gasteiger partial charge in [0.15, 0.2) is 21.9 Å². The summed E-state index contributed by atoms with van der Waals surface area (Å²) in [6.07, 6.45) is 0. The minimum atomic E-state index is -0.275. The fraction of sp³-hybridized carbons (Fsp3) is 0.267. The molecule has 0 aliphatic heterocycles. The predicted molar refractivity (Wildman–Crippen MR) is 81.8 cm³/mol. The smallest absolute Gasteiger partial charge is 0.287 e. The summed E-state index contributed by atoms with van der Waals surface area (Å²) in [5.74, 6) is 1.25. The molecule has 0 aliphatic carbocycles. The SMILES string of the molecule is COc1ccc(C(C)NC(=O)c2ccc(Br)o2)cc1OC. The van der Waals surface area contributed by atoms with E-state index in [2.05, 4.69) is 21.2 Å². The third-order valence-corrected chi connectivity index (χ3v) is 3.48. The molecule has 1 unspecified atom stereocenters. The van der Waals surface area contributed by atoms with Crippen molar-refractivity contribution in [2.75, 3.05) is 14.2 Å². The summed E-state index contributed by atoms with van der Waals surface area (Å²) in [7, 11) is 3.16. The largest absolute Gasteiger partial charge is 0.493 e. The number of benzene rings is 1. The van der Waals surface area contributed by atoms with Crippen LogP contribution in [-0.4, -0.2) is 20.1 Å². The minimum Gasteiger partial charge on any atom is -0.493 e. The van der Waals surface area contributed by atoms with Crippen LogP contribution in [0.5, 0.6) is 11.5 Å². The third-order valence-electron chi connectivity index (χ3n) is 3.05. The molecule has 5 nitrogen and oxygen atoms in total. The molecule has 0 radical (unpaired) electrons. The predicted octanol–water partition coefficient (Wildman–Crippen LogP) is 3.55. The number of amides is 1. The summed E-state index contributed by atoms with van der Waals surface area (Å²) in [5.41, 5.74) is 0.909. The number of rotatable bonds is 5. The first-order valence-electron chi connectivity index (χ1n) is 6.33. The van der Waals surface area contributed by atoms with Gasteiger partial charge >= 0.3 is 0 Å². The van der Waals surface area contributed by atoms with E-state index in [1.54, 1.807) is 32.4 Å². The lowest BCUT2D eigenvalue weighted by Gasteiger charge is -2.16. The lowest BCUT2D eigenvalue weighted by atomic mass is 10.1. The van der Waals surface area contributed by atoms with Gasteiger partial charge in [-0.3, -0.25) is 4.79 Å². The summed E-state index contributed by atoms with van der Waals surface area (Å²) in [4.78, 5) is 12.0. The first kappa shape index (κ1) is 15.4. The average molecular weight is 354 g/mol. The van der Waals surface area contributed by atoms with Crippen molar-refractivity contribution >= 4 is 21.8 Å². The Morgan fingerprint density at radius 3 is 2.48 bits per heavy atom. The zero-order valence-electron chi connectivity index (χ0n) is 12.0. The fourth-order valence-electron chi connectivity index (χ4n) is 1.91. The molecular formula is C15H16BrNO4. The Kier molecular flexibility index (Phi) is 4.90. The first-order valence-corrected chi connectivity index (χ1v) is 7.12. The van der Waals surface area contributed by atoms with Gasteiger partial charge in [-0.15, -0.1) is 0 Å². The Bertz CT molecular complexity index is 638. The van der Waals surface area contributed by atoms with Crippen LogP contribution in [0, 0.1) is 0 Å². The lowest BCUT2D eigenvalue weighted by molar-refractivity contribution is 0.0910. The molecular weight excluding hydrogens is 338 g/mol. The van der Waals surface area contributed by atoms with Crippen molar-refractivity contribution < 1.29 is 18.7 Å². The maximum atomic E-state index is 12.0. The highest BCUT2D eigenvalue weighted by molar-refractivity contribution is 9.10. The monoisotopic (exact) mass is 353 g/mol. The van der Waals surface area contributed by atoms with E-state index >= 15 is 0 Å². The number of halogens is 1. The van der Waals surface area contributed by atoms with E-state index in [-0.39, 0.29) is 17.7 Å². The minimum absolute atomic E-state index is 0.193. The van der Waals surface area contributed by atoms with Gasteiger partial charge in [-0.05, 0) is 52.7 Å². The van der Waals surface area contributed by atoms with Crippen LogP contribution >= 0.6 is 15.9 Å². The number of nitrogens with one attached hydrogen (secondary N) is 1. The molecule has 1 amide bonds. The van der Waals surface area contributed by atoms with Gasteiger partial charge in [-0.2, -0.15) is 0 Å². The number of carbonyl (C=O) groups excluding carboxylic acids is 1. The molecule has 1 atom stereocenters. The van der Waals surface area contributed by atoms with Crippen molar-refractivity contribution in [2.45, 2.75) is 13.0 Å². The summed E-state index contributed by atoms with van der Waals surface area (Å²) < 4.78 is 16.2. The number of carbonyl (C=O) groups is 1. The molecule has 0 bridgehead atoms. The van der Waals surface area contributed by atoms with Crippen molar-refractivity contribution in [3.8, 4) is 11.5 Å². The highest BCUT2D eigenvalue weighted by Crippen LogP contribution is 2.30. The molecule has 2 rings (SSSR count). The topological polar surface area (TPSA) is 60.7 Å². The molecule has 1 N–H and O–H groups in total. The molecule has 1 aromatic heterocycles. The van der Waals surface area contributed by atoms with Gasteiger partial charge in [0, 0.05) is 0 Å². The summed E-state index contributed by atoms with van der Waals surface area (Å²) in [6.45, 7) is 1.89. The van der Waals surface area contributed by atoms with E-state index in [1.165, 1.54) is 0 Å². The van der Waals surface area contributed by atoms with Crippen LogP contribution in [0.25, 0.3) is 0 Å². The van der Waals surface area contributed by atoms with E-state index in [9.17, 15) is 4.79 Å². The Morgan fingerprint density at radius 1 is 1.19 bits per heavy atom. The van der Waals surface area contributed by atoms with Crippen LogP contribution in [0.15, 0.2) is 39.4 Å². The summed E-state index contributed by atoms with van der Waals surface area (Å²) in [6, 6.07) is 8.62. The highest BCUT2D eigenvalue weighted by Gasteiger charge is 2.16. The zero-order valence-corrected chi connectivity index (χ0v) is 13.6. The maximum absolute atomic E-state index is 12.0. The lowest BCUT2D eigenvalue weighted by Crippen LogP contribution is -2.26. The Morgan fingerprint density at radius 2 is 1.90 bits per heavy atom. The molecule has 1 aromatic carbocycles. The molecule has 0 fully saturated rings. The fourth-order valence-corrected chi connectivity index (χ4v) is 2.22. The van der Waals surface area contributed by atoms with Crippen LogP contribution in [-0.2, 0) is 0 Å². The number of hydrogen-bond acceptors (Lipinski definition) is 4. The van der Waals surface area contributed by atoms with Crippen molar-refractivity contribution in [2.24, 2.45) is 0 Å². The second-order valence-corrected chi connectivity index (χ2v) is 5.19. The van der Waals surface area contributed by atoms with Crippen LogP contribution < -0.4 is 14.8 Å². The van der Waals surface area contributed by atoms with E-state index in [1.807, 2.05) is 19.1 Å². The van der Waals surface area contributed by atoms with Gasteiger partial charge in [0.2, 0.25) is 0 Å². The third kappa shape index (κ3) is 3.58. The van der Waals surface area contributed by atoms with Gasteiger partial charge in [-0.1, -0.05) is 6.07 Å². The highest BCUT2D eigenvalue weighted by atomic mass is 79.9. The number of methoxy groups -OCH3 is 2. The summed E-state index contributed by atoms with van der Waals surface area (Å²) in [5, 5.41) is 2.86. The second-order valence-electron chi connectivity index (χ2n) is 4.41. The van der Waals surface area contributed by atoms with Crippen molar-refractivity contribution in [3.05, 3.63) is 46.3 Å². The molecule has 0 saturated heterocycles. The molecule has 1 heterocycles. The standard InChI is InChI=1S/C15H16BrNO4/c1-9(17-15(18)12-6-7-14(16)21-12)10-4-5-11(19-2)13(8-10)20-3/h4-9H,1-3H3,(H,17,18). The maximum Gasteiger partial charge on any atom is 0.287 e. The van der Waals surface area contributed by atoms with Crippen LogP contribution in [0.2, 0.25) is 0 Å². The number of hydrogen-bond donors (Lipinski definition) is 1. The van der Waals surface area contributed by atoms with Gasteiger partial charge in [0.25, 0.3) is 5.91 Å². The summed E-state index contributed by atoms with van der Waals surface area (Å²) >= 11 is 3.17. The van der Waals surface area contributed by atoms with Crippen LogP contribution in [0.3, 0.4) is 0 Å². The molecule has 21 heavy (non-hydrogen) atoms. The Balaban J connectivity index is 2.13. The normalized spacial score (nSPS) is 11.8. The molecule has 6 heteroatoms. The second kappa shape index (κ2) is 6.67. The van der Waals surface area contributed by atoms with Gasteiger partial charge in [0.05, 0.1) is 20.3 Å². The number of furan rings is 1. The van der Waals surface area contributed by atoms with Crippen LogP contribution in [0.1, 0.15) is 29.1 Å². The first-order chi connectivity index (χ1) is 10.0. The van der Waals surface area contributed by atoms with E-state index in [4.69, 9.17) is 13.9 Å². The van der Waals surface area contributed by atoms with E-state index < -0.39 is 0 Å². The van der Waals surface area contributed by atoms with Crippen molar-refractivity contribution in [3.63, 3.8) is 0 Å². The Labute approximate surface area is 131 Å². The molecule has 0 aliphatic rings. The van der Waals surface area contributed by atoms with E-state index in [0.29, 0.717) is 16.2 Å². The van der Waals surface area contributed by atoms with Crippen molar-refractivity contribution in [1.29, 1.82) is 0 Å². The van der Waals surface area contributed by atoms with Crippen LogP contribution in [0.4, 0.5) is 0 Å². The van der Waals surface area contributed by atoms with Crippen molar-refractivity contribution in [1.82, 2.24) is 5.32 Å². The molecule has 2 aromatic rings. The van der Waals surface area contributed by atoms with Gasteiger partial charge in [0.1, 0.15) is 0 Å². The Hall–Kier alpha value is -1.95. The van der Waals surface area contributed by atoms with Gasteiger partial charge < -0.3 is 19.2 Å². The van der Waals surface area contributed by atoms with Gasteiger partial charge in [-0.25, -0.2) is 0 Å². The average Bonchev–Trinajstić information content (AvgIpc) is 2.93. The zero-order chi connectivity index (χ0) is 15.4. The molecule has 112 valence electrons. The number of ether oxygens (including phenoxy) is 2. The quantitative estimate of drug-likeness (QED) is 0.892. The van der Waals surface area contributed by atoms with E-state index in [0.717, 1.165) is 5.56 Å².